The van der Waals surface area contributed by atoms with Gasteiger partial charge in [0.05, 0.1) is 18.0 Å². The smallest absolute Gasteiger partial charge is 0.222 e. The molecule has 0 atom stereocenters. The highest BCUT2D eigenvalue weighted by molar-refractivity contribution is 7.89. The number of aromatic nitrogens is 1. The van der Waals surface area contributed by atoms with E-state index in [-0.39, 0.29) is 17.1 Å². The van der Waals surface area contributed by atoms with Crippen LogP contribution in [0.3, 0.4) is 0 Å². The molecule has 2 saturated heterocycles. The molecule has 1 amide bonds. The number of rotatable bonds is 6. The fraction of sp³-hybridized carbons (Fsp3) is 0.684. The molecule has 1 aromatic rings. The van der Waals surface area contributed by atoms with Gasteiger partial charge in [0.15, 0.2) is 0 Å². The Hall–Kier alpha value is -1.47. The second-order valence-corrected chi connectivity index (χ2v) is 9.73. The van der Waals surface area contributed by atoms with Crippen LogP contribution in [-0.4, -0.2) is 53.9 Å². The van der Waals surface area contributed by atoms with Gasteiger partial charge in [-0.05, 0) is 43.2 Å². The average molecular weight is 380 g/mol. The van der Waals surface area contributed by atoms with Crippen LogP contribution in [0.5, 0.6) is 0 Å². The first-order valence-electron chi connectivity index (χ1n) is 9.60. The average Bonchev–Trinajstić information content (AvgIpc) is 2.65. The van der Waals surface area contributed by atoms with Gasteiger partial charge < -0.3 is 4.90 Å². The van der Waals surface area contributed by atoms with Crippen LogP contribution < -0.4 is 0 Å². The van der Waals surface area contributed by atoms with E-state index in [4.69, 9.17) is 0 Å². The van der Waals surface area contributed by atoms with Crippen molar-refractivity contribution >= 4 is 15.9 Å². The molecule has 6 nitrogen and oxygen atoms in total. The second kappa shape index (κ2) is 8.05. The van der Waals surface area contributed by atoms with E-state index in [0.717, 1.165) is 37.8 Å². The third-order valence-corrected chi connectivity index (χ3v) is 7.72. The molecule has 1 aromatic heterocycles. The standard InChI is InChI=1S/C19H29N3O3S/c1-2-3-14-26(24,25)22-12-9-19(10-13-22)8-7-18(23)21(16-19)15-17-6-4-5-11-20-17/h4-6,11H,2-3,7-10,12-16H2,1H3. The SMILES string of the molecule is CCCCS(=O)(=O)N1CCC2(CCC(=O)N(Cc3ccccn3)C2)CC1. The summed E-state index contributed by atoms with van der Waals surface area (Å²) < 4.78 is 26.5. The molecule has 3 rings (SSSR count). The topological polar surface area (TPSA) is 70.6 Å². The van der Waals surface area contributed by atoms with Crippen LogP contribution in [0.4, 0.5) is 0 Å². The number of piperidine rings is 2. The Kier molecular flexibility index (Phi) is 5.97. The summed E-state index contributed by atoms with van der Waals surface area (Å²) in [7, 11) is -3.13. The van der Waals surface area contributed by atoms with Gasteiger partial charge in [-0.2, -0.15) is 0 Å². The molecule has 144 valence electrons. The van der Waals surface area contributed by atoms with Crippen LogP contribution in [0, 0.1) is 5.41 Å². The number of sulfonamides is 1. The summed E-state index contributed by atoms with van der Waals surface area (Å²) >= 11 is 0. The van der Waals surface area contributed by atoms with E-state index < -0.39 is 10.0 Å². The zero-order chi connectivity index (χ0) is 18.6. The minimum Gasteiger partial charge on any atom is -0.336 e. The molecule has 0 bridgehead atoms. The minimum atomic E-state index is -3.13. The number of unbranched alkanes of at least 4 members (excludes halogenated alkanes) is 1. The summed E-state index contributed by atoms with van der Waals surface area (Å²) in [6.45, 7) is 4.43. The number of pyridine rings is 1. The van der Waals surface area contributed by atoms with Gasteiger partial charge >= 0.3 is 0 Å². The molecule has 0 radical (unpaired) electrons. The predicted octanol–water partition coefficient (Wildman–Crippen LogP) is 2.42. The lowest BCUT2D eigenvalue weighted by atomic mass is 9.72. The highest BCUT2D eigenvalue weighted by Crippen LogP contribution is 2.41. The molecular weight excluding hydrogens is 350 g/mol. The number of hydrogen-bond acceptors (Lipinski definition) is 4. The van der Waals surface area contributed by atoms with Gasteiger partial charge in [-0.25, -0.2) is 12.7 Å². The van der Waals surface area contributed by atoms with Crippen molar-refractivity contribution in [2.45, 2.75) is 52.0 Å². The summed E-state index contributed by atoms with van der Waals surface area (Å²) in [5, 5.41) is 0. The Bertz CT molecular complexity index is 713. The van der Waals surface area contributed by atoms with Crippen LogP contribution in [-0.2, 0) is 21.4 Å². The molecule has 2 aliphatic heterocycles. The number of carbonyl (C=O) groups excluding carboxylic acids is 1. The van der Waals surface area contributed by atoms with E-state index in [2.05, 4.69) is 4.98 Å². The lowest BCUT2D eigenvalue weighted by Crippen LogP contribution is -2.52. The van der Waals surface area contributed by atoms with Crippen molar-refractivity contribution in [2.24, 2.45) is 5.41 Å². The molecule has 2 aliphatic rings. The zero-order valence-corrected chi connectivity index (χ0v) is 16.4. The molecule has 3 heterocycles. The molecule has 2 fully saturated rings. The molecule has 0 N–H and O–H groups in total. The van der Waals surface area contributed by atoms with Crippen molar-refractivity contribution in [1.82, 2.24) is 14.2 Å². The van der Waals surface area contributed by atoms with Crippen molar-refractivity contribution in [2.75, 3.05) is 25.4 Å². The number of carbonyl (C=O) groups is 1. The lowest BCUT2D eigenvalue weighted by Gasteiger charge is -2.47. The highest BCUT2D eigenvalue weighted by atomic mass is 32.2. The first-order valence-corrected chi connectivity index (χ1v) is 11.2. The van der Waals surface area contributed by atoms with E-state index in [9.17, 15) is 13.2 Å². The monoisotopic (exact) mass is 379 g/mol. The number of hydrogen-bond donors (Lipinski definition) is 0. The maximum Gasteiger partial charge on any atom is 0.222 e. The summed E-state index contributed by atoms with van der Waals surface area (Å²) in [6.07, 6.45) is 6.45. The van der Waals surface area contributed by atoms with E-state index in [1.807, 2.05) is 30.0 Å². The first kappa shape index (κ1) is 19.3. The van der Waals surface area contributed by atoms with Crippen molar-refractivity contribution in [3.8, 4) is 0 Å². The van der Waals surface area contributed by atoms with Crippen LogP contribution >= 0.6 is 0 Å². The van der Waals surface area contributed by atoms with E-state index in [1.165, 1.54) is 0 Å². The third kappa shape index (κ3) is 4.43. The highest BCUT2D eigenvalue weighted by Gasteiger charge is 2.42. The number of likely N-dealkylation sites (tertiary alicyclic amines) is 1. The molecule has 1 spiro atoms. The molecule has 0 saturated carbocycles. The summed E-state index contributed by atoms with van der Waals surface area (Å²) in [4.78, 5) is 18.6. The summed E-state index contributed by atoms with van der Waals surface area (Å²) in [5.74, 6) is 0.431. The van der Waals surface area contributed by atoms with Crippen LogP contribution in [0.25, 0.3) is 0 Å². The van der Waals surface area contributed by atoms with Crippen molar-refractivity contribution < 1.29 is 13.2 Å². The Morgan fingerprint density at radius 1 is 1.19 bits per heavy atom. The molecule has 26 heavy (non-hydrogen) atoms. The lowest BCUT2D eigenvalue weighted by molar-refractivity contribution is -0.139. The Morgan fingerprint density at radius 3 is 2.62 bits per heavy atom. The van der Waals surface area contributed by atoms with Crippen molar-refractivity contribution in [3.63, 3.8) is 0 Å². The predicted molar refractivity (Wildman–Crippen MR) is 101 cm³/mol. The Labute approximate surface area is 156 Å². The van der Waals surface area contributed by atoms with E-state index >= 15 is 0 Å². The zero-order valence-electron chi connectivity index (χ0n) is 15.6. The minimum absolute atomic E-state index is 0.0550. The Balaban J connectivity index is 1.62. The third-order valence-electron chi connectivity index (χ3n) is 5.76. The quantitative estimate of drug-likeness (QED) is 0.761. The molecule has 0 aromatic carbocycles. The van der Waals surface area contributed by atoms with Gasteiger partial charge in [0.25, 0.3) is 0 Å². The summed E-state index contributed by atoms with van der Waals surface area (Å²) in [6, 6.07) is 5.75. The van der Waals surface area contributed by atoms with E-state index in [0.29, 0.717) is 32.6 Å². The van der Waals surface area contributed by atoms with Gasteiger partial charge in [-0.3, -0.25) is 9.78 Å². The number of nitrogens with zero attached hydrogens (tertiary/aromatic N) is 3. The Morgan fingerprint density at radius 2 is 1.96 bits per heavy atom. The van der Waals surface area contributed by atoms with Crippen LogP contribution in [0.1, 0.15) is 51.1 Å². The van der Waals surface area contributed by atoms with Gasteiger partial charge in [-0.15, -0.1) is 0 Å². The van der Waals surface area contributed by atoms with Crippen molar-refractivity contribution in [3.05, 3.63) is 30.1 Å². The molecule has 0 unspecified atom stereocenters. The van der Waals surface area contributed by atoms with Gasteiger partial charge in [0, 0.05) is 32.3 Å². The number of amides is 1. The van der Waals surface area contributed by atoms with Crippen LogP contribution in [0.2, 0.25) is 0 Å². The van der Waals surface area contributed by atoms with Gasteiger partial charge in [0.1, 0.15) is 0 Å². The normalized spacial score (nSPS) is 21.3. The summed E-state index contributed by atoms with van der Waals surface area (Å²) in [5.41, 5.74) is 0.955. The largest absolute Gasteiger partial charge is 0.336 e. The molecule has 0 aliphatic carbocycles. The van der Waals surface area contributed by atoms with E-state index in [1.54, 1.807) is 10.5 Å². The maximum absolute atomic E-state index is 12.4. The fourth-order valence-corrected chi connectivity index (χ4v) is 5.69. The van der Waals surface area contributed by atoms with Crippen molar-refractivity contribution in [1.29, 1.82) is 0 Å². The molecular formula is C19H29N3O3S. The maximum atomic E-state index is 12.4. The van der Waals surface area contributed by atoms with Gasteiger partial charge in [-0.1, -0.05) is 19.4 Å². The molecule has 7 heteroatoms. The fourth-order valence-electron chi connectivity index (χ4n) is 4.04. The first-order chi connectivity index (χ1) is 12.4. The van der Waals surface area contributed by atoms with Gasteiger partial charge in [0.2, 0.25) is 15.9 Å². The van der Waals surface area contributed by atoms with Crippen LogP contribution in [0.15, 0.2) is 24.4 Å². The second-order valence-electron chi connectivity index (χ2n) is 7.64.